The molecule has 2 aromatic rings. The summed E-state index contributed by atoms with van der Waals surface area (Å²) in [5.41, 5.74) is 2.62. The Morgan fingerprint density at radius 1 is 1.27 bits per heavy atom. The van der Waals surface area contributed by atoms with Gasteiger partial charge in [-0.2, -0.15) is 0 Å². The first-order valence-electron chi connectivity index (χ1n) is 7.58. The summed E-state index contributed by atoms with van der Waals surface area (Å²) in [6.45, 7) is 5.13. The molecule has 1 amide bonds. The van der Waals surface area contributed by atoms with Crippen LogP contribution in [0.3, 0.4) is 0 Å². The molecule has 3 rings (SSSR count). The van der Waals surface area contributed by atoms with Crippen molar-refractivity contribution in [1.82, 2.24) is 25.0 Å². The third-order valence-electron chi connectivity index (χ3n) is 3.97. The van der Waals surface area contributed by atoms with Crippen LogP contribution in [0.2, 0.25) is 0 Å². The Hall–Kier alpha value is -2.21. The van der Waals surface area contributed by atoms with E-state index in [1.54, 1.807) is 0 Å². The standard InChI is InChI=1S/C16H21N5O/c1-12-3-5-13(6-4-12)7-9-20(2)11-14-18-19-15-16(22)17-8-10-21(14)15/h3-6H,7-11H2,1-2H3,(H,17,22). The third-order valence-corrected chi connectivity index (χ3v) is 3.97. The van der Waals surface area contributed by atoms with E-state index in [1.807, 2.05) is 4.57 Å². The van der Waals surface area contributed by atoms with Crippen molar-refractivity contribution in [1.29, 1.82) is 0 Å². The third kappa shape index (κ3) is 3.17. The highest BCUT2D eigenvalue weighted by Gasteiger charge is 2.22. The molecule has 1 aromatic carbocycles. The molecule has 2 heterocycles. The van der Waals surface area contributed by atoms with Crippen molar-refractivity contribution < 1.29 is 4.79 Å². The molecule has 0 bridgehead atoms. The van der Waals surface area contributed by atoms with Crippen molar-refractivity contribution >= 4 is 5.91 Å². The fraction of sp³-hybridized carbons (Fsp3) is 0.438. The van der Waals surface area contributed by atoms with Crippen LogP contribution in [0.15, 0.2) is 24.3 Å². The summed E-state index contributed by atoms with van der Waals surface area (Å²) in [7, 11) is 2.07. The molecule has 0 spiro atoms. The fourth-order valence-corrected chi connectivity index (χ4v) is 2.61. The number of aryl methyl sites for hydroxylation is 1. The van der Waals surface area contributed by atoms with E-state index in [2.05, 4.69) is 58.7 Å². The smallest absolute Gasteiger partial charge is 0.289 e. The number of hydrogen-bond donors (Lipinski definition) is 1. The average molecular weight is 299 g/mol. The Labute approximate surface area is 130 Å². The number of amides is 1. The molecule has 0 atom stereocenters. The second kappa shape index (κ2) is 6.27. The molecule has 1 aliphatic rings. The summed E-state index contributed by atoms with van der Waals surface area (Å²) in [4.78, 5) is 13.9. The predicted molar refractivity (Wildman–Crippen MR) is 83.6 cm³/mol. The van der Waals surface area contributed by atoms with Crippen molar-refractivity contribution in [2.45, 2.75) is 26.4 Å². The van der Waals surface area contributed by atoms with Crippen molar-refractivity contribution in [3.63, 3.8) is 0 Å². The highest BCUT2D eigenvalue weighted by molar-refractivity contribution is 5.91. The minimum absolute atomic E-state index is 0.132. The summed E-state index contributed by atoms with van der Waals surface area (Å²) in [6.07, 6.45) is 0.998. The van der Waals surface area contributed by atoms with Crippen LogP contribution in [-0.4, -0.2) is 45.7 Å². The van der Waals surface area contributed by atoms with Gasteiger partial charge in [0.2, 0.25) is 5.82 Å². The maximum absolute atomic E-state index is 11.7. The Morgan fingerprint density at radius 3 is 2.82 bits per heavy atom. The number of nitrogens with one attached hydrogen (secondary N) is 1. The lowest BCUT2D eigenvalue weighted by Gasteiger charge is -2.19. The van der Waals surface area contributed by atoms with E-state index in [-0.39, 0.29) is 5.91 Å². The molecule has 6 heteroatoms. The van der Waals surface area contributed by atoms with Gasteiger partial charge in [-0.15, -0.1) is 10.2 Å². The molecule has 0 unspecified atom stereocenters. The van der Waals surface area contributed by atoms with Gasteiger partial charge in [0.1, 0.15) is 5.82 Å². The maximum atomic E-state index is 11.7. The van der Waals surface area contributed by atoms with E-state index in [0.29, 0.717) is 18.9 Å². The maximum Gasteiger partial charge on any atom is 0.289 e. The summed E-state index contributed by atoms with van der Waals surface area (Å²) in [5, 5.41) is 10.9. The first-order valence-corrected chi connectivity index (χ1v) is 7.58. The molecule has 0 saturated heterocycles. The van der Waals surface area contributed by atoms with Crippen LogP contribution in [0, 0.1) is 6.92 Å². The number of fused-ring (bicyclic) bond motifs is 1. The zero-order chi connectivity index (χ0) is 15.5. The summed E-state index contributed by atoms with van der Waals surface area (Å²) >= 11 is 0. The number of nitrogens with zero attached hydrogens (tertiary/aromatic N) is 4. The van der Waals surface area contributed by atoms with Crippen LogP contribution < -0.4 is 5.32 Å². The zero-order valence-corrected chi connectivity index (χ0v) is 13.0. The molecule has 116 valence electrons. The van der Waals surface area contributed by atoms with E-state index in [9.17, 15) is 4.79 Å². The highest BCUT2D eigenvalue weighted by atomic mass is 16.2. The van der Waals surface area contributed by atoms with E-state index < -0.39 is 0 Å². The van der Waals surface area contributed by atoms with Crippen molar-refractivity contribution in [2.75, 3.05) is 20.1 Å². The van der Waals surface area contributed by atoms with Gasteiger partial charge in [-0.05, 0) is 26.0 Å². The van der Waals surface area contributed by atoms with Gasteiger partial charge in [0, 0.05) is 19.6 Å². The Balaban J connectivity index is 1.59. The number of carbonyl (C=O) groups excluding carboxylic acids is 1. The Kier molecular flexibility index (Phi) is 4.20. The molecule has 0 aliphatic carbocycles. The van der Waals surface area contributed by atoms with Gasteiger partial charge >= 0.3 is 0 Å². The molecule has 6 nitrogen and oxygen atoms in total. The number of benzene rings is 1. The lowest BCUT2D eigenvalue weighted by atomic mass is 10.1. The number of carbonyl (C=O) groups is 1. The second-order valence-corrected chi connectivity index (χ2v) is 5.82. The van der Waals surface area contributed by atoms with Crippen LogP contribution in [0.4, 0.5) is 0 Å². The monoisotopic (exact) mass is 299 g/mol. The number of hydrogen-bond acceptors (Lipinski definition) is 4. The average Bonchev–Trinajstić information content (AvgIpc) is 2.91. The second-order valence-electron chi connectivity index (χ2n) is 5.82. The van der Waals surface area contributed by atoms with Crippen LogP contribution >= 0.6 is 0 Å². The van der Waals surface area contributed by atoms with Gasteiger partial charge in [0.15, 0.2) is 0 Å². The topological polar surface area (TPSA) is 63.1 Å². The summed E-state index contributed by atoms with van der Waals surface area (Å²) in [6, 6.07) is 8.63. The molecule has 0 radical (unpaired) electrons. The predicted octanol–water partition coefficient (Wildman–Crippen LogP) is 1.00. The lowest BCUT2D eigenvalue weighted by Crippen LogP contribution is -2.36. The first-order chi connectivity index (χ1) is 10.6. The minimum atomic E-state index is -0.132. The van der Waals surface area contributed by atoms with Crippen LogP contribution in [0.1, 0.15) is 27.6 Å². The van der Waals surface area contributed by atoms with Crippen molar-refractivity contribution in [3.05, 3.63) is 47.0 Å². The quantitative estimate of drug-likeness (QED) is 0.895. The number of aromatic nitrogens is 3. The molecular formula is C16H21N5O. The Morgan fingerprint density at radius 2 is 2.05 bits per heavy atom. The zero-order valence-electron chi connectivity index (χ0n) is 13.0. The van der Waals surface area contributed by atoms with E-state index in [1.165, 1.54) is 11.1 Å². The van der Waals surface area contributed by atoms with Gasteiger partial charge < -0.3 is 9.88 Å². The highest BCUT2D eigenvalue weighted by Crippen LogP contribution is 2.09. The van der Waals surface area contributed by atoms with Crippen molar-refractivity contribution in [2.24, 2.45) is 0 Å². The lowest BCUT2D eigenvalue weighted by molar-refractivity contribution is 0.0920. The van der Waals surface area contributed by atoms with Gasteiger partial charge in [0.05, 0.1) is 6.54 Å². The molecule has 0 fully saturated rings. The van der Waals surface area contributed by atoms with Crippen LogP contribution in [0.5, 0.6) is 0 Å². The normalized spacial score (nSPS) is 14.0. The van der Waals surface area contributed by atoms with Crippen LogP contribution in [-0.2, 0) is 19.5 Å². The summed E-state index contributed by atoms with van der Waals surface area (Å²) < 4.78 is 1.92. The molecule has 1 aromatic heterocycles. The minimum Gasteiger partial charge on any atom is -0.348 e. The molecule has 1 N–H and O–H groups in total. The van der Waals surface area contributed by atoms with Gasteiger partial charge in [-0.1, -0.05) is 29.8 Å². The summed E-state index contributed by atoms with van der Waals surface area (Å²) in [5.74, 6) is 1.15. The van der Waals surface area contributed by atoms with Gasteiger partial charge in [-0.3, -0.25) is 9.69 Å². The number of rotatable bonds is 5. The molecule has 0 saturated carbocycles. The SMILES string of the molecule is Cc1ccc(CCN(C)Cc2nnc3n2CCNC3=O)cc1. The van der Waals surface area contributed by atoms with Gasteiger partial charge in [0.25, 0.3) is 5.91 Å². The van der Waals surface area contributed by atoms with E-state index >= 15 is 0 Å². The van der Waals surface area contributed by atoms with E-state index in [0.717, 1.165) is 25.3 Å². The fourth-order valence-electron chi connectivity index (χ4n) is 2.61. The van der Waals surface area contributed by atoms with Crippen molar-refractivity contribution in [3.8, 4) is 0 Å². The number of likely N-dealkylation sites (N-methyl/N-ethyl adjacent to an activating group) is 1. The Bertz CT molecular complexity index is 662. The molecule has 1 aliphatic heterocycles. The first kappa shape index (κ1) is 14.7. The largest absolute Gasteiger partial charge is 0.348 e. The van der Waals surface area contributed by atoms with Crippen LogP contribution in [0.25, 0.3) is 0 Å². The van der Waals surface area contributed by atoms with Gasteiger partial charge in [-0.25, -0.2) is 0 Å². The molecule has 22 heavy (non-hydrogen) atoms. The molecular weight excluding hydrogens is 278 g/mol. The van der Waals surface area contributed by atoms with E-state index in [4.69, 9.17) is 0 Å².